The fraction of sp³-hybridized carbons (Fsp3) is 0.130. The largest absolute Gasteiger partial charge is 0.492 e. The molecule has 0 unspecified atom stereocenters. The smallest absolute Gasteiger partial charge is 0.123 e. The van der Waals surface area contributed by atoms with E-state index in [4.69, 9.17) is 4.74 Å². The lowest BCUT2D eigenvalue weighted by Gasteiger charge is -2.09. The van der Waals surface area contributed by atoms with Gasteiger partial charge in [-0.15, -0.1) is 37.2 Å². The van der Waals surface area contributed by atoms with Crippen LogP contribution in [0, 0.1) is 5.82 Å². The van der Waals surface area contributed by atoms with E-state index in [1.54, 1.807) is 24.5 Å². The summed E-state index contributed by atoms with van der Waals surface area (Å²) in [5, 5.41) is 5.57. The monoisotopic (exact) mass is 481 g/mol. The molecule has 4 rings (SSSR count). The summed E-state index contributed by atoms with van der Waals surface area (Å²) in [5.41, 5.74) is 2.99. The lowest BCUT2D eigenvalue weighted by Crippen LogP contribution is -2.20. The Morgan fingerprint density at radius 3 is 2.39 bits per heavy atom. The SMILES string of the molecule is Cl.Cl.Cl.Fc1ccc(-c2cncc(CNCCOc3ccc4ccncc4c3)c2)cc1. The minimum Gasteiger partial charge on any atom is -0.492 e. The molecule has 0 spiro atoms. The van der Waals surface area contributed by atoms with Crippen LogP contribution in [0.15, 0.2) is 79.4 Å². The van der Waals surface area contributed by atoms with Crippen molar-refractivity contribution in [2.45, 2.75) is 6.54 Å². The van der Waals surface area contributed by atoms with Gasteiger partial charge in [-0.05, 0) is 52.9 Å². The maximum absolute atomic E-state index is 13.1. The molecule has 2 aromatic carbocycles. The standard InChI is InChI=1S/C23H20FN3O.3ClH/c24-22-4-1-18(2-5-22)20-11-17(14-27-16-20)13-26-9-10-28-23-6-3-19-7-8-25-15-21(19)12-23;;;/h1-8,11-12,14-16,26H,9-10,13H2;3*1H. The number of nitrogens with zero attached hydrogens (tertiary/aromatic N) is 2. The molecule has 0 radical (unpaired) electrons. The van der Waals surface area contributed by atoms with E-state index in [-0.39, 0.29) is 43.0 Å². The van der Waals surface area contributed by atoms with Gasteiger partial charge in [0.15, 0.2) is 0 Å². The normalized spacial score (nSPS) is 9.84. The Morgan fingerprint density at radius 2 is 1.58 bits per heavy atom. The van der Waals surface area contributed by atoms with E-state index in [2.05, 4.69) is 21.4 Å². The fourth-order valence-electron chi connectivity index (χ4n) is 3.01. The number of hydrogen-bond acceptors (Lipinski definition) is 4. The van der Waals surface area contributed by atoms with E-state index in [1.807, 2.05) is 36.7 Å². The van der Waals surface area contributed by atoms with Crippen LogP contribution in [0.3, 0.4) is 0 Å². The van der Waals surface area contributed by atoms with Crippen molar-refractivity contribution in [3.63, 3.8) is 0 Å². The number of ether oxygens (including phenoxy) is 1. The van der Waals surface area contributed by atoms with Crippen LogP contribution in [0.25, 0.3) is 21.9 Å². The van der Waals surface area contributed by atoms with Crippen LogP contribution >= 0.6 is 37.2 Å². The zero-order chi connectivity index (χ0) is 19.2. The second kappa shape index (κ2) is 13.1. The van der Waals surface area contributed by atoms with Gasteiger partial charge in [0.1, 0.15) is 18.2 Å². The van der Waals surface area contributed by atoms with E-state index < -0.39 is 0 Å². The topological polar surface area (TPSA) is 47.0 Å². The van der Waals surface area contributed by atoms with Crippen molar-refractivity contribution in [3.05, 3.63) is 90.8 Å². The molecule has 2 heterocycles. The van der Waals surface area contributed by atoms with Crippen LogP contribution in [-0.2, 0) is 6.54 Å². The van der Waals surface area contributed by atoms with Crippen molar-refractivity contribution in [1.29, 1.82) is 0 Å². The Morgan fingerprint density at radius 1 is 0.774 bits per heavy atom. The van der Waals surface area contributed by atoms with Gasteiger partial charge in [-0.1, -0.05) is 18.2 Å². The Kier molecular flexibility index (Phi) is 11.2. The van der Waals surface area contributed by atoms with Crippen molar-refractivity contribution in [1.82, 2.24) is 15.3 Å². The van der Waals surface area contributed by atoms with E-state index in [0.717, 1.165) is 33.2 Å². The highest BCUT2D eigenvalue weighted by Crippen LogP contribution is 2.20. The van der Waals surface area contributed by atoms with Crippen molar-refractivity contribution < 1.29 is 9.13 Å². The maximum atomic E-state index is 13.1. The van der Waals surface area contributed by atoms with Crippen LogP contribution in [0.1, 0.15) is 5.56 Å². The van der Waals surface area contributed by atoms with E-state index in [1.165, 1.54) is 12.1 Å². The Hall–Kier alpha value is -2.44. The number of rotatable bonds is 7. The average Bonchev–Trinajstić information content (AvgIpc) is 2.74. The van der Waals surface area contributed by atoms with E-state index >= 15 is 0 Å². The third-order valence-corrected chi connectivity index (χ3v) is 4.46. The number of aromatic nitrogens is 2. The zero-order valence-corrected chi connectivity index (χ0v) is 19.0. The van der Waals surface area contributed by atoms with Gasteiger partial charge in [0.05, 0.1) is 0 Å². The molecule has 0 saturated carbocycles. The number of hydrogen-bond donors (Lipinski definition) is 1. The van der Waals surface area contributed by atoms with Crippen molar-refractivity contribution in [2.75, 3.05) is 13.2 Å². The van der Waals surface area contributed by atoms with Gasteiger partial charge in [-0.3, -0.25) is 9.97 Å². The van der Waals surface area contributed by atoms with Crippen LogP contribution < -0.4 is 10.1 Å². The summed E-state index contributed by atoms with van der Waals surface area (Å²) in [6.45, 7) is 1.97. The van der Waals surface area contributed by atoms with Crippen LogP contribution in [0.2, 0.25) is 0 Å². The first-order valence-electron chi connectivity index (χ1n) is 9.15. The molecule has 0 aliphatic carbocycles. The Balaban J connectivity index is 0.00000160. The molecule has 31 heavy (non-hydrogen) atoms. The highest BCUT2D eigenvalue weighted by atomic mass is 35.5. The maximum Gasteiger partial charge on any atom is 0.123 e. The minimum atomic E-state index is -0.239. The molecule has 0 aliphatic rings. The molecule has 4 aromatic rings. The lowest BCUT2D eigenvalue weighted by atomic mass is 10.1. The van der Waals surface area contributed by atoms with Gasteiger partial charge >= 0.3 is 0 Å². The molecule has 0 atom stereocenters. The summed E-state index contributed by atoms with van der Waals surface area (Å²) < 4.78 is 18.9. The molecule has 4 nitrogen and oxygen atoms in total. The molecule has 0 bridgehead atoms. The molecule has 2 aromatic heterocycles. The molecular formula is C23H23Cl3FN3O. The average molecular weight is 483 g/mol. The van der Waals surface area contributed by atoms with Crippen molar-refractivity contribution in [3.8, 4) is 16.9 Å². The predicted octanol–water partition coefficient (Wildman–Crippen LogP) is 5.87. The summed E-state index contributed by atoms with van der Waals surface area (Å²) in [7, 11) is 0. The first kappa shape index (κ1) is 26.6. The van der Waals surface area contributed by atoms with Gasteiger partial charge < -0.3 is 10.1 Å². The van der Waals surface area contributed by atoms with Crippen LogP contribution in [-0.4, -0.2) is 23.1 Å². The zero-order valence-electron chi connectivity index (χ0n) is 16.5. The highest BCUT2D eigenvalue weighted by molar-refractivity contribution is 5.86. The number of nitrogens with one attached hydrogen (secondary N) is 1. The minimum absolute atomic E-state index is 0. The first-order valence-corrected chi connectivity index (χ1v) is 9.15. The van der Waals surface area contributed by atoms with Crippen LogP contribution in [0.5, 0.6) is 5.75 Å². The van der Waals surface area contributed by atoms with Gasteiger partial charge in [-0.2, -0.15) is 0 Å². The highest BCUT2D eigenvalue weighted by Gasteiger charge is 2.02. The number of fused-ring (bicyclic) bond motifs is 1. The molecule has 0 saturated heterocycles. The van der Waals surface area contributed by atoms with Crippen molar-refractivity contribution >= 4 is 48.0 Å². The Labute approximate surface area is 199 Å². The second-order valence-electron chi connectivity index (χ2n) is 6.50. The van der Waals surface area contributed by atoms with E-state index in [9.17, 15) is 4.39 Å². The molecule has 0 aliphatic heterocycles. The van der Waals surface area contributed by atoms with Gasteiger partial charge in [0.2, 0.25) is 0 Å². The molecule has 1 N–H and O–H groups in total. The Bertz CT molecular complexity index is 1080. The number of pyridine rings is 2. The van der Waals surface area contributed by atoms with Crippen molar-refractivity contribution in [2.24, 2.45) is 0 Å². The summed E-state index contributed by atoms with van der Waals surface area (Å²) in [6.07, 6.45) is 7.24. The van der Waals surface area contributed by atoms with Gasteiger partial charge in [-0.25, -0.2) is 4.39 Å². The summed E-state index contributed by atoms with van der Waals surface area (Å²) in [5.74, 6) is 0.597. The first-order chi connectivity index (χ1) is 13.8. The van der Waals surface area contributed by atoms with Gasteiger partial charge in [0.25, 0.3) is 0 Å². The quantitative estimate of drug-likeness (QED) is 0.335. The summed E-state index contributed by atoms with van der Waals surface area (Å²) in [4.78, 5) is 8.43. The van der Waals surface area contributed by atoms with E-state index in [0.29, 0.717) is 19.7 Å². The fourth-order valence-corrected chi connectivity index (χ4v) is 3.01. The molecule has 8 heteroatoms. The molecular weight excluding hydrogens is 460 g/mol. The third-order valence-electron chi connectivity index (χ3n) is 4.46. The lowest BCUT2D eigenvalue weighted by molar-refractivity contribution is 0.314. The molecule has 164 valence electrons. The molecule has 0 amide bonds. The third kappa shape index (κ3) is 7.33. The predicted molar refractivity (Wildman–Crippen MR) is 130 cm³/mol. The number of benzene rings is 2. The summed E-state index contributed by atoms with van der Waals surface area (Å²) in [6, 6.07) is 16.5. The molecule has 0 fully saturated rings. The number of halogens is 4. The van der Waals surface area contributed by atoms with Gasteiger partial charge in [0, 0.05) is 48.8 Å². The van der Waals surface area contributed by atoms with Crippen LogP contribution in [0.4, 0.5) is 4.39 Å². The second-order valence-corrected chi connectivity index (χ2v) is 6.50. The summed E-state index contributed by atoms with van der Waals surface area (Å²) >= 11 is 0.